The van der Waals surface area contributed by atoms with Gasteiger partial charge in [0.05, 0.1) is 0 Å². The van der Waals surface area contributed by atoms with E-state index >= 15 is 0 Å². The van der Waals surface area contributed by atoms with Crippen molar-refractivity contribution in [2.45, 2.75) is 173 Å². The zero-order chi connectivity index (χ0) is 56.0. The zero-order valence-corrected chi connectivity index (χ0v) is 50.3. The van der Waals surface area contributed by atoms with Crippen molar-refractivity contribution in [2.75, 3.05) is 0 Å². The van der Waals surface area contributed by atoms with E-state index in [2.05, 4.69) is 282 Å². The maximum absolute atomic E-state index is 2.66. The lowest BCUT2D eigenvalue weighted by molar-refractivity contribution is -0.231. The van der Waals surface area contributed by atoms with Crippen LogP contribution in [-0.2, 0) is 27.1 Å². The van der Waals surface area contributed by atoms with E-state index in [1.807, 2.05) is 0 Å². The van der Waals surface area contributed by atoms with Crippen LogP contribution >= 0.6 is 0 Å². The van der Waals surface area contributed by atoms with Crippen LogP contribution in [0.2, 0.25) is 0 Å². The molecule has 5 aromatic rings. The first-order chi connectivity index (χ1) is 38.7. The molecule has 0 heterocycles. The fraction of sp³-hybridized carbons (Fsp3) is 0.375. The first-order valence-corrected chi connectivity index (χ1v) is 30.8. The Hall–Kier alpha value is -6.50. The molecule has 0 radical (unpaired) electrons. The van der Waals surface area contributed by atoms with Gasteiger partial charge in [-0.05, 0) is 304 Å². The van der Waals surface area contributed by atoms with E-state index in [4.69, 9.17) is 0 Å². The lowest BCUT2D eigenvalue weighted by atomic mass is 9.24. The highest BCUT2D eigenvalue weighted by molar-refractivity contribution is 5.67. The van der Waals surface area contributed by atoms with E-state index in [1.54, 1.807) is 27.8 Å². The Labute approximate surface area is 483 Å². The summed E-state index contributed by atoms with van der Waals surface area (Å²) in [5, 5.41) is 0. The summed E-state index contributed by atoms with van der Waals surface area (Å²) >= 11 is 0. The second-order valence-corrected chi connectivity index (χ2v) is 26.5. The highest BCUT2D eigenvalue weighted by Gasteiger charge is 2.77. The Balaban J connectivity index is 1.27. The second kappa shape index (κ2) is 21.8. The van der Waals surface area contributed by atoms with Crippen LogP contribution in [0.3, 0.4) is 0 Å². The molecule has 0 aromatic heterocycles. The maximum Gasteiger partial charge on any atom is -0.00241 e. The predicted octanol–water partition coefficient (Wildman–Crippen LogP) is 22.4. The van der Waals surface area contributed by atoms with E-state index in [1.165, 1.54) is 113 Å². The van der Waals surface area contributed by atoms with Crippen LogP contribution in [0.15, 0.2) is 152 Å². The topological polar surface area (TPSA) is 0 Å². The van der Waals surface area contributed by atoms with Crippen molar-refractivity contribution in [1.29, 1.82) is 0 Å². The Morgan fingerprint density at radius 2 is 0.412 bits per heavy atom. The number of hydrogen-bond acceptors (Lipinski definition) is 0. The third-order valence-corrected chi connectivity index (χ3v) is 20.8. The predicted molar refractivity (Wildman–Crippen MR) is 351 cm³/mol. The van der Waals surface area contributed by atoms with Crippen molar-refractivity contribution in [2.24, 2.45) is 16.7 Å². The number of benzene rings is 5. The maximum atomic E-state index is 2.66. The Bertz CT molecular complexity index is 3030. The molecule has 0 N–H and O–H groups in total. The van der Waals surface area contributed by atoms with Gasteiger partial charge in [-0.3, -0.25) is 0 Å². The Kier molecular flexibility index (Phi) is 15.1. The first kappa shape index (κ1) is 55.4. The first-order valence-electron chi connectivity index (χ1n) is 30.8. The van der Waals surface area contributed by atoms with Crippen LogP contribution in [0.4, 0.5) is 0 Å². The minimum Gasteiger partial charge on any atom is -0.0871 e. The largest absolute Gasteiger partial charge is 0.0871 e. The molecular formula is C80H90. The zero-order valence-electron chi connectivity index (χ0n) is 50.3. The van der Waals surface area contributed by atoms with Crippen molar-refractivity contribution < 1.29 is 0 Å². The molecule has 0 aliphatic heterocycles. The molecular weight excluding hydrogens is 961 g/mol. The average molecular weight is 1050 g/mol. The Morgan fingerprint density at radius 3 is 0.625 bits per heavy atom. The van der Waals surface area contributed by atoms with E-state index < -0.39 is 0 Å². The highest BCUT2D eigenvalue weighted by atomic mass is 14.8. The summed E-state index contributed by atoms with van der Waals surface area (Å²) in [6, 6.07) is 38.7. The molecule has 8 aliphatic rings. The lowest BCUT2D eigenvalue weighted by Crippen LogP contribution is -2.73. The van der Waals surface area contributed by atoms with E-state index in [-0.39, 0.29) is 37.9 Å². The molecule has 8 bridgehead atoms. The molecule has 0 nitrogen and oxygen atoms in total. The van der Waals surface area contributed by atoms with E-state index in [0.29, 0.717) is 5.92 Å². The summed E-state index contributed by atoms with van der Waals surface area (Å²) in [6.45, 7) is 21.9. The summed E-state index contributed by atoms with van der Waals surface area (Å²) in [5.74, 6) is 0.617. The molecule has 8 fully saturated rings. The molecule has 0 saturated heterocycles. The third kappa shape index (κ3) is 9.69. The van der Waals surface area contributed by atoms with Gasteiger partial charge in [0.1, 0.15) is 0 Å². The highest BCUT2D eigenvalue weighted by Crippen LogP contribution is 2.84. The van der Waals surface area contributed by atoms with Crippen molar-refractivity contribution in [3.63, 3.8) is 0 Å². The molecule has 0 amide bonds. The number of allylic oxidation sites excluding steroid dienone is 10. The molecule has 8 saturated carbocycles. The van der Waals surface area contributed by atoms with Crippen molar-refractivity contribution in [3.05, 3.63) is 235 Å². The fourth-order valence-electron chi connectivity index (χ4n) is 19.6. The van der Waals surface area contributed by atoms with Crippen molar-refractivity contribution in [1.82, 2.24) is 0 Å². The van der Waals surface area contributed by atoms with E-state index in [9.17, 15) is 0 Å². The number of hydrogen-bond donors (Lipinski definition) is 0. The molecule has 0 heteroatoms. The average Bonchev–Trinajstić information content (AvgIpc) is 3.49. The fourth-order valence-corrected chi connectivity index (χ4v) is 19.6. The third-order valence-electron chi connectivity index (χ3n) is 20.8. The van der Waals surface area contributed by atoms with Gasteiger partial charge in [0.15, 0.2) is 0 Å². The summed E-state index contributed by atoms with van der Waals surface area (Å²) in [4.78, 5) is 0. The summed E-state index contributed by atoms with van der Waals surface area (Å²) in [6.07, 6.45) is 60.9. The van der Waals surface area contributed by atoms with Crippen LogP contribution in [-0.4, -0.2) is 0 Å². The molecule has 80 heavy (non-hydrogen) atoms. The van der Waals surface area contributed by atoms with Gasteiger partial charge in [-0.25, -0.2) is 0 Å². The molecule has 13 rings (SSSR count). The van der Waals surface area contributed by atoms with Gasteiger partial charge in [-0.2, -0.15) is 0 Å². The Morgan fingerprint density at radius 1 is 0.225 bits per heavy atom. The minimum atomic E-state index is -0.0864. The van der Waals surface area contributed by atoms with Gasteiger partial charge in [0.25, 0.3) is 0 Å². The van der Waals surface area contributed by atoms with Crippen molar-refractivity contribution >= 4 is 60.8 Å². The molecule has 2 unspecified atom stereocenters. The standard InChI is InChI=1S/C80H90/c1-11-21-58-31-59(22-12-2)37-69(36-58)74-46-68-47-75(49-74,70-38-60(23-13-3)32-61(39-70)24-14-4)54-79(48-68,53-74)80-55-76(71-40-62(25-15-5)33-63(41-71)26-16-6)50-77(56-80,72-42-64(27-17-7)34-65(43-72)28-18-8)52-78(51-76,57-80)73-44-66(29-19-9)35-67(45-73)30-20-10/h11-45,68H,46-57H2,1-10H3. The van der Waals surface area contributed by atoms with Crippen LogP contribution < -0.4 is 0 Å². The van der Waals surface area contributed by atoms with Gasteiger partial charge in [0.2, 0.25) is 0 Å². The lowest BCUT2D eigenvalue weighted by Gasteiger charge is -2.79. The SMILES string of the molecule is CC=Cc1cc(C=CC)cc(C23CC4CC(c5cc(C=CC)cc(C=CC)c5)(C2)CC(C25CC6(c7cc(C=CC)cc(C=CC)c7)CC(c7cc(C=CC)cc(C=CC)c7)(CC(c7cc(C=CC)cc(C=CC)c7)(C6)C2)C5)(C4)C3)c1. The van der Waals surface area contributed by atoms with Gasteiger partial charge in [-0.15, -0.1) is 0 Å². The summed E-state index contributed by atoms with van der Waals surface area (Å²) < 4.78 is 0. The smallest absolute Gasteiger partial charge is 0.00241 e. The van der Waals surface area contributed by atoms with Crippen LogP contribution in [0, 0.1) is 16.7 Å². The monoisotopic (exact) mass is 1050 g/mol. The van der Waals surface area contributed by atoms with Gasteiger partial charge < -0.3 is 0 Å². The molecule has 0 spiro atoms. The van der Waals surface area contributed by atoms with Gasteiger partial charge in [0, 0.05) is 0 Å². The minimum absolute atomic E-state index is 0.0162. The van der Waals surface area contributed by atoms with E-state index in [0.717, 1.165) is 19.3 Å². The summed E-state index contributed by atoms with van der Waals surface area (Å²) in [7, 11) is 0. The molecule has 410 valence electrons. The second-order valence-electron chi connectivity index (χ2n) is 26.5. The van der Waals surface area contributed by atoms with Gasteiger partial charge in [-0.1, -0.05) is 182 Å². The van der Waals surface area contributed by atoms with Crippen molar-refractivity contribution in [3.8, 4) is 0 Å². The van der Waals surface area contributed by atoms with Crippen LogP contribution in [0.5, 0.6) is 0 Å². The molecule has 2 atom stereocenters. The summed E-state index contributed by atoms with van der Waals surface area (Å²) in [5.41, 5.74) is 21.0. The number of rotatable bonds is 16. The normalized spacial score (nSPS) is 31.0. The van der Waals surface area contributed by atoms with Crippen LogP contribution in [0.25, 0.3) is 60.8 Å². The van der Waals surface area contributed by atoms with Crippen LogP contribution in [0.1, 0.15) is 230 Å². The quantitative estimate of drug-likeness (QED) is 0.0924. The molecule has 5 aromatic carbocycles. The van der Waals surface area contributed by atoms with Gasteiger partial charge >= 0.3 is 0 Å². The molecule has 8 aliphatic carbocycles.